The van der Waals surface area contributed by atoms with Gasteiger partial charge in [0.1, 0.15) is 11.6 Å². The molecule has 3 rings (SSSR count). The number of aromatic nitrogens is 1. The second kappa shape index (κ2) is 6.41. The van der Waals surface area contributed by atoms with Crippen LogP contribution in [0.3, 0.4) is 0 Å². The quantitative estimate of drug-likeness (QED) is 0.868. The van der Waals surface area contributed by atoms with Crippen molar-refractivity contribution in [3.8, 4) is 0 Å². The lowest BCUT2D eigenvalue weighted by Crippen LogP contribution is -2.46. The monoisotopic (exact) mass is 305 g/mol. The maximum absolute atomic E-state index is 13.8. The summed E-state index contributed by atoms with van der Waals surface area (Å²) < 4.78 is 13.8. The molecule has 2 heterocycles. The SMILES string of the molecule is Fc1cccc(Cl)c1CN1CCN(c2ccccn2)CC1. The zero-order valence-electron chi connectivity index (χ0n) is 11.7. The third kappa shape index (κ3) is 3.34. The number of rotatable bonds is 3. The molecule has 0 bridgehead atoms. The van der Waals surface area contributed by atoms with Crippen molar-refractivity contribution in [2.45, 2.75) is 6.54 Å². The maximum Gasteiger partial charge on any atom is 0.129 e. The van der Waals surface area contributed by atoms with Crippen molar-refractivity contribution in [2.24, 2.45) is 0 Å². The number of nitrogens with zero attached hydrogens (tertiary/aromatic N) is 3. The normalized spacial score (nSPS) is 16.2. The van der Waals surface area contributed by atoms with Crippen LogP contribution in [0, 0.1) is 5.82 Å². The van der Waals surface area contributed by atoms with Crippen molar-refractivity contribution in [3.05, 3.63) is 59.0 Å². The molecule has 3 nitrogen and oxygen atoms in total. The highest BCUT2D eigenvalue weighted by Crippen LogP contribution is 2.22. The van der Waals surface area contributed by atoms with Gasteiger partial charge in [0.05, 0.1) is 0 Å². The van der Waals surface area contributed by atoms with E-state index in [1.54, 1.807) is 18.3 Å². The first kappa shape index (κ1) is 14.3. The van der Waals surface area contributed by atoms with Gasteiger partial charge in [0.2, 0.25) is 0 Å². The highest BCUT2D eigenvalue weighted by molar-refractivity contribution is 6.31. The first-order valence-electron chi connectivity index (χ1n) is 7.05. The van der Waals surface area contributed by atoms with Gasteiger partial charge >= 0.3 is 0 Å². The van der Waals surface area contributed by atoms with Gasteiger partial charge in [0, 0.05) is 49.5 Å². The first-order chi connectivity index (χ1) is 10.2. The number of hydrogen-bond donors (Lipinski definition) is 0. The van der Waals surface area contributed by atoms with Gasteiger partial charge in [-0.05, 0) is 24.3 Å². The number of benzene rings is 1. The van der Waals surface area contributed by atoms with Crippen LogP contribution in [-0.2, 0) is 6.54 Å². The minimum absolute atomic E-state index is 0.227. The second-order valence-electron chi connectivity index (χ2n) is 5.15. The number of halogens is 2. The van der Waals surface area contributed by atoms with Crippen LogP contribution < -0.4 is 4.90 Å². The number of hydrogen-bond acceptors (Lipinski definition) is 3. The second-order valence-corrected chi connectivity index (χ2v) is 5.56. The van der Waals surface area contributed by atoms with Crippen LogP contribution in [0.2, 0.25) is 5.02 Å². The lowest BCUT2D eigenvalue weighted by molar-refractivity contribution is 0.246. The van der Waals surface area contributed by atoms with Crippen LogP contribution in [0.25, 0.3) is 0 Å². The van der Waals surface area contributed by atoms with Gasteiger partial charge in [-0.2, -0.15) is 0 Å². The third-order valence-corrected chi connectivity index (χ3v) is 4.14. The Labute approximate surface area is 129 Å². The van der Waals surface area contributed by atoms with Crippen LogP contribution in [0.15, 0.2) is 42.6 Å². The predicted octanol–water partition coefficient (Wildman–Crippen LogP) is 3.20. The first-order valence-corrected chi connectivity index (χ1v) is 7.43. The molecule has 0 spiro atoms. The third-order valence-electron chi connectivity index (χ3n) is 3.79. The van der Waals surface area contributed by atoms with E-state index >= 15 is 0 Å². The predicted molar refractivity (Wildman–Crippen MR) is 83.1 cm³/mol. The topological polar surface area (TPSA) is 19.4 Å². The average molecular weight is 306 g/mol. The van der Waals surface area contributed by atoms with Crippen molar-refractivity contribution in [2.75, 3.05) is 31.1 Å². The molecule has 0 atom stereocenters. The van der Waals surface area contributed by atoms with Crippen LogP contribution >= 0.6 is 11.6 Å². The smallest absolute Gasteiger partial charge is 0.129 e. The Morgan fingerprint density at radius 3 is 2.52 bits per heavy atom. The van der Waals surface area contributed by atoms with Crippen molar-refractivity contribution >= 4 is 17.4 Å². The highest BCUT2D eigenvalue weighted by atomic mass is 35.5. The summed E-state index contributed by atoms with van der Waals surface area (Å²) in [5.74, 6) is 0.774. The van der Waals surface area contributed by atoms with E-state index in [-0.39, 0.29) is 5.82 Å². The molecule has 21 heavy (non-hydrogen) atoms. The van der Waals surface area contributed by atoms with Crippen LogP contribution in [0.5, 0.6) is 0 Å². The van der Waals surface area contributed by atoms with Crippen LogP contribution in [-0.4, -0.2) is 36.1 Å². The van der Waals surface area contributed by atoms with Crippen molar-refractivity contribution in [1.29, 1.82) is 0 Å². The molecule has 110 valence electrons. The van der Waals surface area contributed by atoms with Crippen molar-refractivity contribution < 1.29 is 4.39 Å². The highest BCUT2D eigenvalue weighted by Gasteiger charge is 2.19. The molecule has 5 heteroatoms. The molecule has 1 fully saturated rings. The summed E-state index contributed by atoms with van der Waals surface area (Å²) in [6.07, 6.45) is 1.81. The molecule has 0 N–H and O–H groups in total. The number of piperazine rings is 1. The molecule has 2 aromatic rings. The Bertz CT molecular complexity index is 577. The molecule has 0 radical (unpaired) electrons. The Morgan fingerprint density at radius 2 is 1.86 bits per heavy atom. The summed E-state index contributed by atoms with van der Waals surface area (Å²) in [6, 6.07) is 10.8. The number of pyridine rings is 1. The van der Waals surface area contributed by atoms with Crippen molar-refractivity contribution in [1.82, 2.24) is 9.88 Å². The van der Waals surface area contributed by atoms with Gasteiger partial charge in [-0.3, -0.25) is 4.90 Å². The van der Waals surface area contributed by atoms with E-state index in [2.05, 4.69) is 14.8 Å². The zero-order chi connectivity index (χ0) is 14.7. The van der Waals surface area contributed by atoms with Gasteiger partial charge in [-0.1, -0.05) is 23.7 Å². The van der Waals surface area contributed by atoms with E-state index in [0.717, 1.165) is 32.0 Å². The molecule has 0 aliphatic carbocycles. The zero-order valence-corrected chi connectivity index (χ0v) is 12.4. The van der Waals surface area contributed by atoms with Crippen LogP contribution in [0.4, 0.5) is 10.2 Å². The van der Waals surface area contributed by atoms with E-state index in [0.29, 0.717) is 17.1 Å². The van der Waals surface area contributed by atoms with E-state index in [1.165, 1.54) is 6.07 Å². The van der Waals surface area contributed by atoms with E-state index < -0.39 is 0 Å². The fourth-order valence-corrected chi connectivity index (χ4v) is 2.81. The molecule has 1 aliphatic rings. The minimum atomic E-state index is -0.227. The fourth-order valence-electron chi connectivity index (χ4n) is 2.58. The standard InChI is InChI=1S/C16H17ClFN3/c17-14-4-3-5-15(18)13(14)12-20-8-10-21(11-9-20)16-6-1-2-7-19-16/h1-7H,8-12H2. The molecule has 1 aromatic heterocycles. The van der Waals surface area contributed by atoms with Crippen molar-refractivity contribution in [3.63, 3.8) is 0 Å². The summed E-state index contributed by atoms with van der Waals surface area (Å²) in [5.41, 5.74) is 0.588. The van der Waals surface area contributed by atoms with Gasteiger partial charge < -0.3 is 4.90 Å². The molecule has 1 saturated heterocycles. The summed E-state index contributed by atoms with van der Waals surface area (Å²) in [6.45, 7) is 4.09. The molecular weight excluding hydrogens is 289 g/mol. The fraction of sp³-hybridized carbons (Fsp3) is 0.312. The summed E-state index contributed by atoms with van der Waals surface area (Å²) in [4.78, 5) is 8.84. The van der Waals surface area contributed by atoms with Gasteiger partial charge in [-0.25, -0.2) is 9.37 Å². The van der Waals surface area contributed by atoms with Gasteiger partial charge in [0.25, 0.3) is 0 Å². The summed E-state index contributed by atoms with van der Waals surface area (Å²) in [7, 11) is 0. The molecule has 0 saturated carbocycles. The lowest BCUT2D eigenvalue weighted by atomic mass is 10.2. The van der Waals surface area contributed by atoms with Crippen LogP contribution in [0.1, 0.15) is 5.56 Å². The van der Waals surface area contributed by atoms with E-state index in [1.807, 2.05) is 18.2 Å². The van der Waals surface area contributed by atoms with E-state index in [9.17, 15) is 4.39 Å². The Morgan fingerprint density at radius 1 is 1.05 bits per heavy atom. The molecule has 0 unspecified atom stereocenters. The largest absolute Gasteiger partial charge is 0.354 e. The lowest BCUT2D eigenvalue weighted by Gasteiger charge is -2.35. The minimum Gasteiger partial charge on any atom is -0.354 e. The van der Waals surface area contributed by atoms with E-state index in [4.69, 9.17) is 11.6 Å². The Balaban J connectivity index is 1.62. The summed E-state index contributed by atoms with van der Waals surface area (Å²) >= 11 is 6.09. The molecule has 1 aromatic carbocycles. The molecule has 0 amide bonds. The maximum atomic E-state index is 13.8. The number of anilines is 1. The Hall–Kier alpha value is -1.65. The molecule has 1 aliphatic heterocycles. The average Bonchev–Trinajstić information content (AvgIpc) is 2.53. The summed E-state index contributed by atoms with van der Waals surface area (Å²) in [5, 5.41) is 0.502. The molecular formula is C16H17ClFN3. The Kier molecular flexibility index (Phi) is 4.36. The van der Waals surface area contributed by atoms with Gasteiger partial charge in [-0.15, -0.1) is 0 Å². The van der Waals surface area contributed by atoms with Gasteiger partial charge in [0.15, 0.2) is 0 Å².